The predicted octanol–water partition coefficient (Wildman–Crippen LogP) is 2.71. The van der Waals surface area contributed by atoms with Crippen molar-refractivity contribution in [2.45, 2.75) is 58.9 Å². The Kier molecular flexibility index (Phi) is 4.79. The van der Waals surface area contributed by atoms with Gasteiger partial charge in [0.2, 0.25) is 0 Å². The van der Waals surface area contributed by atoms with E-state index < -0.39 is 11.4 Å². The van der Waals surface area contributed by atoms with E-state index in [9.17, 15) is 14.7 Å². The Morgan fingerprint density at radius 3 is 2.48 bits per heavy atom. The summed E-state index contributed by atoms with van der Waals surface area (Å²) >= 11 is 0. The summed E-state index contributed by atoms with van der Waals surface area (Å²) in [6.45, 7) is 6.81. The van der Waals surface area contributed by atoms with Crippen LogP contribution in [0.1, 0.15) is 52.9 Å². The van der Waals surface area contributed by atoms with Gasteiger partial charge in [-0.3, -0.25) is 4.79 Å². The maximum atomic E-state index is 12.4. The first kappa shape index (κ1) is 16.1. The molecule has 0 bridgehead atoms. The van der Waals surface area contributed by atoms with Crippen molar-refractivity contribution in [2.75, 3.05) is 13.1 Å². The van der Waals surface area contributed by atoms with Gasteiger partial charge in [-0.25, -0.2) is 4.79 Å². The Hall–Kier alpha value is -1.26. The molecule has 2 amide bonds. The quantitative estimate of drug-likeness (QED) is 0.791. The van der Waals surface area contributed by atoms with Gasteiger partial charge in [0, 0.05) is 19.1 Å². The number of likely N-dealkylation sites (tertiary alicyclic amines) is 1. The molecule has 2 aliphatic rings. The molecule has 2 fully saturated rings. The third-order valence-electron chi connectivity index (χ3n) is 5.25. The summed E-state index contributed by atoms with van der Waals surface area (Å²) in [6.07, 6.45) is 5.11. The van der Waals surface area contributed by atoms with Gasteiger partial charge in [0.15, 0.2) is 0 Å². The fourth-order valence-electron chi connectivity index (χ4n) is 3.25. The zero-order chi connectivity index (χ0) is 15.6. The lowest BCUT2D eigenvalue weighted by Crippen LogP contribution is -2.46. The summed E-state index contributed by atoms with van der Waals surface area (Å²) in [6, 6.07) is 0.134. The lowest BCUT2D eigenvalue weighted by Gasteiger charge is -2.29. The first-order chi connectivity index (χ1) is 9.89. The van der Waals surface area contributed by atoms with Gasteiger partial charge in [-0.2, -0.15) is 0 Å². The fraction of sp³-hybridized carbons (Fsp3) is 0.875. The van der Waals surface area contributed by atoms with E-state index in [-0.39, 0.29) is 18.0 Å². The van der Waals surface area contributed by atoms with Crippen molar-refractivity contribution >= 4 is 12.0 Å². The van der Waals surface area contributed by atoms with Crippen molar-refractivity contribution in [3.05, 3.63) is 0 Å². The van der Waals surface area contributed by atoms with Crippen LogP contribution in [-0.2, 0) is 4.79 Å². The van der Waals surface area contributed by atoms with Crippen LogP contribution in [0.5, 0.6) is 0 Å². The largest absolute Gasteiger partial charge is 0.481 e. The molecule has 2 unspecified atom stereocenters. The SMILES string of the molecule is CCC(CC1CC1)NC(=O)N1CCC(C(=O)O)(C(C)C)C1. The fourth-order valence-corrected chi connectivity index (χ4v) is 3.25. The standard InChI is InChI=1S/C16H28N2O3/c1-4-13(9-12-5-6-12)17-15(21)18-8-7-16(10-18,11(2)3)14(19)20/h11-13H,4-10H2,1-3H3,(H,17,21)(H,19,20). The molecule has 2 atom stereocenters. The third kappa shape index (κ3) is 3.50. The Labute approximate surface area is 127 Å². The highest BCUT2D eigenvalue weighted by molar-refractivity contribution is 5.80. The molecule has 1 aliphatic carbocycles. The second-order valence-corrected chi connectivity index (χ2v) is 7.02. The van der Waals surface area contributed by atoms with Crippen LogP contribution in [-0.4, -0.2) is 41.1 Å². The highest BCUT2D eigenvalue weighted by Crippen LogP contribution is 2.38. The highest BCUT2D eigenvalue weighted by atomic mass is 16.4. The zero-order valence-corrected chi connectivity index (χ0v) is 13.4. The minimum absolute atomic E-state index is 0.0289. The molecule has 0 aromatic heterocycles. The van der Waals surface area contributed by atoms with Gasteiger partial charge in [0.25, 0.3) is 0 Å². The number of urea groups is 1. The minimum Gasteiger partial charge on any atom is -0.481 e. The van der Waals surface area contributed by atoms with Crippen molar-refractivity contribution in [3.63, 3.8) is 0 Å². The molecule has 1 aliphatic heterocycles. The average molecular weight is 296 g/mol. The lowest BCUT2D eigenvalue weighted by molar-refractivity contribution is -0.150. The van der Waals surface area contributed by atoms with E-state index >= 15 is 0 Å². The molecule has 0 radical (unpaired) electrons. The summed E-state index contributed by atoms with van der Waals surface area (Å²) in [7, 11) is 0. The molecule has 21 heavy (non-hydrogen) atoms. The molecule has 5 nitrogen and oxygen atoms in total. The molecule has 5 heteroatoms. The number of carbonyl (C=O) groups is 2. The minimum atomic E-state index is -0.782. The summed E-state index contributed by atoms with van der Waals surface area (Å²) in [5.74, 6) is 0.0293. The summed E-state index contributed by atoms with van der Waals surface area (Å²) in [5, 5.41) is 12.6. The first-order valence-electron chi connectivity index (χ1n) is 8.18. The molecule has 1 saturated carbocycles. The number of carboxylic acid groups (broad SMARTS) is 1. The van der Waals surface area contributed by atoms with Gasteiger partial charge in [0.1, 0.15) is 0 Å². The van der Waals surface area contributed by atoms with Crippen LogP contribution in [0, 0.1) is 17.3 Å². The number of carbonyl (C=O) groups excluding carboxylic acids is 1. The van der Waals surface area contributed by atoms with Gasteiger partial charge in [-0.15, -0.1) is 0 Å². The van der Waals surface area contributed by atoms with E-state index in [1.807, 2.05) is 13.8 Å². The highest BCUT2D eigenvalue weighted by Gasteiger charge is 2.48. The summed E-state index contributed by atoms with van der Waals surface area (Å²) in [4.78, 5) is 25.7. The monoisotopic (exact) mass is 296 g/mol. The van der Waals surface area contributed by atoms with Gasteiger partial charge < -0.3 is 15.3 Å². The van der Waals surface area contributed by atoms with Gasteiger partial charge >= 0.3 is 12.0 Å². The number of amides is 2. The van der Waals surface area contributed by atoms with Crippen LogP contribution < -0.4 is 5.32 Å². The van der Waals surface area contributed by atoms with Crippen LogP contribution >= 0.6 is 0 Å². The van der Waals surface area contributed by atoms with E-state index in [1.165, 1.54) is 12.8 Å². The van der Waals surface area contributed by atoms with E-state index in [1.54, 1.807) is 4.90 Å². The normalized spacial score (nSPS) is 27.0. The second-order valence-electron chi connectivity index (χ2n) is 7.02. The van der Waals surface area contributed by atoms with Crippen LogP contribution in [0.15, 0.2) is 0 Å². The molecule has 2 rings (SSSR count). The Balaban J connectivity index is 1.92. The van der Waals surface area contributed by atoms with Crippen LogP contribution in [0.4, 0.5) is 4.79 Å². The molecular weight excluding hydrogens is 268 g/mol. The predicted molar refractivity (Wildman–Crippen MR) is 81.0 cm³/mol. The van der Waals surface area contributed by atoms with E-state index in [4.69, 9.17) is 0 Å². The number of aliphatic carboxylic acids is 1. The number of hydrogen-bond acceptors (Lipinski definition) is 2. The van der Waals surface area contributed by atoms with Gasteiger partial charge in [0.05, 0.1) is 5.41 Å². The summed E-state index contributed by atoms with van der Waals surface area (Å²) < 4.78 is 0. The molecule has 0 spiro atoms. The van der Waals surface area contributed by atoms with Gasteiger partial charge in [-0.05, 0) is 31.1 Å². The molecule has 0 aromatic rings. The molecule has 1 heterocycles. The van der Waals surface area contributed by atoms with Crippen LogP contribution in [0.25, 0.3) is 0 Å². The maximum absolute atomic E-state index is 12.4. The smallest absolute Gasteiger partial charge is 0.317 e. The number of nitrogens with zero attached hydrogens (tertiary/aromatic N) is 1. The number of rotatable bonds is 6. The molecule has 120 valence electrons. The van der Waals surface area contributed by atoms with Crippen molar-refractivity contribution in [1.82, 2.24) is 10.2 Å². The van der Waals surface area contributed by atoms with Gasteiger partial charge in [-0.1, -0.05) is 33.6 Å². The van der Waals surface area contributed by atoms with Crippen LogP contribution in [0.2, 0.25) is 0 Å². The number of hydrogen-bond donors (Lipinski definition) is 2. The Morgan fingerprint density at radius 2 is 2.05 bits per heavy atom. The number of carboxylic acids is 1. The Morgan fingerprint density at radius 1 is 1.38 bits per heavy atom. The van der Waals surface area contributed by atoms with Crippen molar-refractivity contribution in [1.29, 1.82) is 0 Å². The third-order valence-corrected chi connectivity index (χ3v) is 5.25. The van der Waals surface area contributed by atoms with Crippen molar-refractivity contribution in [2.24, 2.45) is 17.3 Å². The van der Waals surface area contributed by atoms with Crippen molar-refractivity contribution in [3.8, 4) is 0 Å². The van der Waals surface area contributed by atoms with Crippen LogP contribution in [0.3, 0.4) is 0 Å². The van der Waals surface area contributed by atoms with Crippen molar-refractivity contribution < 1.29 is 14.7 Å². The van der Waals surface area contributed by atoms with E-state index in [2.05, 4.69) is 12.2 Å². The summed E-state index contributed by atoms with van der Waals surface area (Å²) in [5.41, 5.74) is -0.782. The van der Waals surface area contributed by atoms with E-state index in [0.29, 0.717) is 19.5 Å². The van der Waals surface area contributed by atoms with E-state index in [0.717, 1.165) is 18.8 Å². The molecule has 0 aromatic carbocycles. The topological polar surface area (TPSA) is 69.6 Å². The first-order valence-corrected chi connectivity index (χ1v) is 8.18. The second kappa shape index (κ2) is 6.24. The maximum Gasteiger partial charge on any atom is 0.317 e. The average Bonchev–Trinajstić information content (AvgIpc) is 3.11. The molecule has 2 N–H and O–H groups in total. The molecular formula is C16H28N2O3. The number of nitrogens with one attached hydrogen (secondary N) is 1. The Bertz CT molecular complexity index is 406. The lowest BCUT2D eigenvalue weighted by atomic mass is 9.76. The molecule has 1 saturated heterocycles. The zero-order valence-electron chi connectivity index (χ0n) is 13.4.